The first kappa shape index (κ1) is 13.2. The number of halogens is 2. The summed E-state index contributed by atoms with van der Waals surface area (Å²) in [6, 6.07) is 3.71. The molecule has 0 aliphatic heterocycles. The fraction of sp³-hybridized carbons (Fsp3) is 0.333. The highest BCUT2D eigenvalue weighted by Gasteiger charge is 2.10. The molecular weight excluding hydrogens is 255 g/mol. The van der Waals surface area contributed by atoms with Crippen molar-refractivity contribution in [2.75, 3.05) is 17.0 Å². The van der Waals surface area contributed by atoms with Gasteiger partial charge in [-0.25, -0.2) is 12.8 Å². The first-order chi connectivity index (χ1) is 7.44. The molecule has 0 radical (unpaired) electrons. The Morgan fingerprint density at radius 3 is 2.69 bits per heavy atom. The zero-order valence-corrected chi connectivity index (χ0v) is 9.98. The van der Waals surface area contributed by atoms with Crippen LogP contribution in [0.5, 0.6) is 0 Å². The molecule has 0 atom stereocenters. The van der Waals surface area contributed by atoms with Crippen LogP contribution in [0, 0.1) is 5.82 Å². The van der Waals surface area contributed by atoms with E-state index < -0.39 is 15.8 Å². The number of hydrogen-bond acceptors (Lipinski definition) is 3. The van der Waals surface area contributed by atoms with Crippen LogP contribution in [0.3, 0.4) is 0 Å². The lowest BCUT2D eigenvalue weighted by Crippen LogP contribution is -2.19. The number of sulfonamides is 1. The summed E-state index contributed by atoms with van der Waals surface area (Å²) in [5, 5.41) is -0.0510. The van der Waals surface area contributed by atoms with E-state index in [0.717, 1.165) is 6.07 Å². The molecule has 1 aromatic rings. The lowest BCUT2D eigenvalue weighted by molar-refractivity contribution is 0.598. The summed E-state index contributed by atoms with van der Waals surface area (Å²) in [7, 11) is -3.47. The predicted molar refractivity (Wildman–Crippen MR) is 62.5 cm³/mol. The molecule has 0 amide bonds. The third kappa shape index (κ3) is 3.96. The fourth-order valence-electron chi connectivity index (χ4n) is 1.06. The summed E-state index contributed by atoms with van der Waals surface area (Å²) < 4.78 is 38.1. The Kier molecular flexibility index (Phi) is 4.52. The zero-order valence-electron chi connectivity index (χ0n) is 8.41. The predicted octanol–water partition coefficient (Wildman–Crippen LogP) is 1.57. The van der Waals surface area contributed by atoms with E-state index in [1.807, 2.05) is 0 Å². The van der Waals surface area contributed by atoms with E-state index in [9.17, 15) is 12.8 Å². The maximum Gasteiger partial charge on any atom is 0.232 e. The van der Waals surface area contributed by atoms with Crippen LogP contribution in [0.15, 0.2) is 18.2 Å². The Labute approximate surface area is 98.6 Å². The van der Waals surface area contributed by atoms with Crippen LogP contribution >= 0.6 is 11.6 Å². The molecule has 4 nitrogen and oxygen atoms in total. The van der Waals surface area contributed by atoms with Gasteiger partial charge in [-0.2, -0.15) is 0 Å². The quantitative estimate of drug-likeness (QED) is 0.850. The van der Waals surface area contributed by atoms with E-state index in [4.69, 9.17) is 17.3 Å². The summed E-state index contributed by atoms with van der Waals surface area (Å²) in [5.74, 6) is -0.756. The summed E-state index contributed by atoms with van der Waals surface area (Å²) in [4.78, 5) is 0. The Morgan fingerprint density at radius 2 is 2.12 bits per heavy atom. The van der Waals surface area contributed by atoms with Crippen LogP contribution in [-0.4, -0.2) is 20.7 Å². The highest BCUT2D eigenvalue weighted by atomic mass is 35.5. The van der Waals surface area contributed by atoms with Crippen molar-refractivity contribution >= 4 is 27.3 Å². The van der Waals surface area contributed by atoms with Crippen molar-refractivity contribution in [1.82, 2.24) is 0 Å². The van der Waals surface area contributed by atoms with Gasteiger partial charge in [0.05, 0.1) is 16.5 Å². The number of hydrogen-bond donors (Lipinski definition) is 2. The van der Waals surface area contributed by atoms with Crippen LogP contribution in [0.2, 0.25) is 5.02 Å². The third-order valence-corrected chi connectivity index (χ3v) is 3.49. The van der Waals surface area contributed by atoms with Crippen molar-refractivity contribution in [1.29, 1.82) is 0 Å². The first-order valence-electron chi connectivity index (χ1n) is 4.60. The van der Waals surface area contributed by atoms with Gasteiger partial charge in [0.1, 0.15) is 5.82 Å². The van der Waals surface area contributed by atoms with Gasteiger partial charge in [0.15, 0.2) is 0 Å². The zero-order chi connectivity index (χ0) is 12.2. The molecule has 1 rings (SSSR count). The van der Waals surface area contributed by atoms with Gasteiger partial charge in [0.2, 0.25) is 10.0 Å². The summed E-state index contributed by atoms with van der Waals surface area (Å²) in [6.45, 7) is 0.288. The second-order valence-corrected chi connectivity index (χ2v) is 5.44. The first-order valence-corrected chi connectivity index (χ1v) is 6.63. The van der Waals surface area contributed by atoms with Crippen LogP contribution in [0.25, 0.3) is 0 Å². The van der Waals surface area contributed by atoms with Crippen molar-refractivity contribution in [3.05, 3.63) is 29.0 Å². The van der Waals surface area contributed by atoms with Crippen LogP contribution in [0.4, 0.5) is 10.1 Å². The molecule has 0 unspecified atom stereocenters. The Hall–Kier alpha value is -0.850. The van der Waals surface area contributed by atoms with Crippen LogP contribution < -0.4 is 10.5 Å². The van der Waals surface area contributed by atoms with E-state index in [-0.39, 0.29) is 23.0 Å². The number of anilines is 1. The van der Waals surface area contributed by atoms with Gasteiger partial charge >= 0.3 is 0 Å². The number of nitrogens with one attached hydrogen (secondary N) is 1. The third-order valence-electron chi connectivity index (χ3n) is 1.81. The molecule has 7 heteroatoms. The molecule has 16 heavy (non-hydrogen) atoms. The second kappa shape index (κ2) is 5.47. The van der Waals surface area contributed by atoms with Gasteiger partial charge in [0.25, 0.3) is 0 Å². The average Bonchev–Trinajstić information content (AvgIpc) is 2.20. The fourth-order valence-corrected chi connectivity index (χ4v) is 2.32. The standard InChI is InChI=1S/C9H12ClFN2O2S/c10-8-3-2-7(6-9(8)11)13-16(14,15)5-1-4-12/h2-3,6,13H,1,4-5,12H2. The number of nitrogens with two attached hydrogens (primary N) is 1. The molecule has 0 fully saturated rings. The number of benzene rings is 1. The van der Waals surface area contributed by atoms with Crippen molar-refractivity contribution < 1.29 is 12.8 Å². The number of rotatable bonds is 5. The maximum atomic E-state index is 13.0. The van der Waals surface area contributed by atoms with E-state index in [1.165, 1.54) is 12.1 Å². The van der Waals surface area contributed by atoms with Crippen molar-refractivity contribution in [2.24, 2.45) is 5.73 Å². The topological polar surface area (TPSA) is 72.2 Å². The lowest BCUT2D eigenvalue weighted by Gasteiger charge is -2.07. The van der Waals surface area contributed by atoms with Gasteiger partial charge in [-0.15, -0.1) is 0 Å². The molecule has 0 bridgehead atoms. The molecule has 90 valence electrons. The summed E-state index contributed by atoms with van der Waals surface area (Å²) >= 11 is 5.47. The molecule has 3 N–H and O–H groups in total. The van der Waals surface area contributed by atoms with E-state index in [1.54, 1.807) is 0 Å². The SMILES string of the molecule is NCCCS(=O)(=O)Nc1ccc(Cl)c(F)c1. The van der Waals surface area contributed by atoms with Gasteiger partial charge in [-0.05, 0) is 31.2 Å². The molecule has 0 saturated carbocycles. The molecule has 0 aliphatic carbocycles. The van der Waals surface area contributed by atoms with E-state index >= 15 is 0 Å². The monoisotopic (exact) mass is 266 g/mol. The molecule has 0 saturated heterocycles. The summed E-state index contributed by atoms with van der Waals surface area (Å²) in [5.41, 5.74) is 5.36. The van der Waals surface area contributed by atoms with Gasteiger partial charge < -0.3 is 5.73 Å². The highest BCUT2D eigenvalue weighted by Crippen LogP contribution is 2.19. The van der Waals surface area contributed by atoms with Crippen molar-refractivity contribution in [3.8, 4) is 0 Å². The molecule has 0 spiro atoms. The molecular formula is C9H12ClFN2O2S. The van der Waals surface area contributed by atoms with Crippen molar-refractivity contribution in [3.63, 3.8) is 0 Å². The molecule has 0 heterocycles. The molecule has 0 aromatic heterocycles. The summed E-state index contributed by atoms with van der Waals surface area (Å²) in [6.07, 6.45) is 0.353. The van der Waals surface area contributed by atoms with Crippen LogP contribution in [0.1, 0.15) is 6.42 Å². The molecule has 0 aliphatic rings. The largest absolute Gasteiger partial charge is 0.330 e. The normalized spacial score (nSPS) is 11.4. The second-order valence-electron chi connectivity index (χ2n) is 3.19. The maximum absolute atomic E-state index is 13.0. The smallest absolute Gasteiger partial charge is 0.232 e. The average molecular weight is 267 g/mol. The van der Waals surface area contributed by atoms with Crippen molar-refractivity contribution in [2.45, 2.75) is 6.42 Å². The minimum Gasteiger partial charge on any atom is -0.330 e. The van der Waals surface area contributed by atoms with E-state index in [2.05, 4.69) is 4.72 Å². The lowest BCUT2D eigenvalue weighted by atomic mass is 10.3. The minimum absolute atomic E-state index is 0.0510. The Bertz CT molecular complexity index is 465. The Balaban J connectivity index is 2.76. The van der Waals surface area contributed by atoms with Gasteiger partial charge in [-0.1, -0.05) is 11.6 Å². The van der Waals surface area contributed by atoms with Gasteiger partial charge in [0, 0.05) is 0 Å². The molecule has 1 aromatic carbocycles. The highest BCUT2D eigenvalue weighted by molar-refractivity contribution is 7.92. The van der Waals surface area contributed by atoms with Gasteiger partial charge in [-0.3, -0.25) is 4.72 Å². The Morgan fingerprint density at radius 1 is 1.44 bits per heavy atom. The minimum atomic E-state index is -3.47. The van der Waals surface area contributed by atoms with E-state index in [0.29, 0.717) is 6.42 Å². The van der Waals surface area contributed by atoms with Crippen LogP contribution in [-0.2, 0) is 10.0 Å².